The number of nitrogens with zero attached hydrogens (tertiary/aromatic N) is 1. The lowest BCUT2D eigenvalue weighted by molar-refractivity contribution is 0.00488. The van der Waals surface area contributed by atoms with Crippen molar-refractivity contribution >= 4 is 11.7 Å². The molecule has 0 aromatic carbocycles. The van der Waals surface area contributed by atoms with Crippen molar-refractivity contribution < 1.29 is 9.53 Å². The Morgan fingerprint density at radius 2 is 2.20 bits per heavy atom. The summed E-state index contributed by atoms with van der Waals surface area (Å²) in [4.78, 5) is 15.6. The minimum absolute atomic E-state index is 0.136. The lowest BCUT2D eigenvalue weighted by atomic mass is 9.93. The Balaban J connectivity index is 2.35. The first-order valence-corrected chi connectivity index (χ1v) is 4.90. The minimum Gasteiger partial charge on any atom is -0.438 e. The zero-order valence-corrected chi connectivity index (χ0v) is 9.07. The van der Waals surface area contributed by atoms with Crippen LogP contribution >= 0.6 is 0 Å². The van der Waals surface area contributed by atoms with E-state index in [1.807, 2.05) is 20.8 Å². The normalized spacial score (nSPS) is 20.2. The van der Waals surface area contributed by atoms with Crippen LogP contribution in [0.2, 0.25) is 0 Å². The summed E-state index contributed by atoms with van der Waals surface area (Å²) >= 11 is 0. The highest BCUT2D eigenvalue weighted by Crippen LogP contribution is 2.30. The molecule has 0 aliphatic carbocycles. The highest BCUT2D eigenvalue weighted by Gasteiger charge is 2.33. The van der Waals surface area contributed by atoms with Gasteiger partial charge in [-0.3, -0.25) is 4.98 Å². The molecule has 1 aromatic heterocycles. The Bertz CT molecular complexity index is 396. The summed E-state index contributed by atoms with van der Waals surface area (Å²) in [6.45, 7) is 6.04. The van der Waals surface area contributed by atoms with Gasteiger partial charge in [0.2, 0.25) is 0 Å². The Kier molecular flexibility index (Phi) is 2.14. The molecule has 15 heavy (non-hydrogen) atoms. The van der Waals surface area contributed by atoms with Gasteiger partial charge in [0, 0.05) is 11.6 Å². The molecule has 0 amide bonds. The van der Waals surface area contributed by atoms with Crippen LogP contribution in [0.15, 0.2) is 18.5 Å². The predicted octanol–water partition coefficient (Wildman–Crippen LogP) is 2.04. The molecule has 0 spiro atoms. The van der Waals surface area contributed by atoms with E-state index < -0.39 is 0 Å². The second-order valence-corrected chi connectivity index (χ2v) is 4.72. The van der Waals surface area contributed by atoms with Gasteiger partial charge in [-0.2, -0.15) is 0 Å². The van der Waals surface area contributed by atoms with E-state index in [1.54, 1.807) is 18.5 Å². The molecule has 0 bridgehead atoms. The maximum Gasteiger partial charge on any atom is 0.342 e. The van der Waals surface area contributed by atoms with Crippen molar-refractivity contribution in [1.82, 2.24) is 4.98 Å². The largest absolute Gasteiger partial charge is 0.438 e. The van der Waals surface area contributed by atoms with Gasteiger partial charge in [-0.15, -0.1) is 0 Å². The number of carbonyl (C=O) groups excluding carboxylic acids is 1. The van der Waals surface area contributed by atoms with Crippen LogP contribution in [0, 0.1) is 5.41 Å². The van der Waals surface area contributed by atoms with Gasteiger partial charge in [0.15, 0.2) is 6.23 Å². The number of hydrogen-bond donors (Lipinski definition) is 1. The van der Waals surface area contributed by atoms with Crippen LogP contribution in [-0.4, -0.2) is 17.2 Å². The maximum absolute atomic E-state index is 11.7. The average Bonchev–Trinajstić information content (AvgIpc) is 2.16. The average molecular weight is 206 g/mol. The van der Waals surface area contributed by atoms with E-state index in [1.165, 1.54) is 0 Å². The summed E-state index contributed by atoms with van der Waals surface area (Å²) in [6.07, 6.45) is 2.93. The van der Waals surface area contributed by atoms with E-state index in [9.17, 15) is 4.79 Å². The summed E-state index contributed by atoms with van der Waals surface area (Å²) in [6, 6.07) is 1.66. The summed E-state index contributed by atoms with van der Waals surface area (Å²) in [5, 5.41) is 3.16. The summed E-state index contributed by atoms with van der Waals surface area (Å²) < 4.78 is 5.30. The Morgan fingerprint density at radius 3 is 2.87 bits per heavy atom. The van der Waals surface area contributed by atoms with Crippen LogP contribution in [0.25, 0.3) is 0 Å². The SMILES string of the molecule is CC(C)(C)C1Nc2cnccc2C(=O)O1. The molecule has 0 fully saturated rings. The number of hydrogen-bond acceptors (Lipinski definition) is 4. The number of carbonyl (C=O) groups is 1. The number of nitrogens with one attached hydrogen (secondary N) is 1. The standard InChI is InChI=1S/C11H14N2O2/c1-11(2,3)10-13-8-6-12-5-4-7(8)9(14)15-10/h4-6,10,13H,1-3H3. The molecule has 1 aliphatic heterocycles. The minimum atomic E-state index is -0.304. The summed E-state index contributed by atoms with van der Waals surface area (Å²) in [5.41, 5.74) is 1.16. The predicted molar refractivity (Wildman–Crippen MR) is 56.5 cm³/mol. The van der Waals surface area contributed by atoms with E-state index in [0.717, 1.165) is 5.69 Å². The van der Waals surface area contributed by atoms with Crippen LogP contribution in [0.5, 0.6) is 0 Å². The Labute approximate surface area is 88.7 Å². The third-order valence-corrected chi connectivity index (χ3v) is 2.34. The smallest absolute Gasteiger partial charge is 0.342 e. The topological polar surface area (TPSA) is 51.2 Å². The zero-order valence-electron chi connectivity index (χ0n) is 9.07. The molecule has 1 N–H and O–H groups in total. The second-order valence-electron chi connectivity index (χ2n) is 4.72. The molecular weight excluding hydrogens is 192 g/mol. The molecule has 4 nitrogen and oxygen atoms in total. The molecule has 2 heterocycles. The van der Waals surface area contributed by atoms with E-state index in [4.69, 9.17) is 4.74 Å². The van der Waals surface area contributed by atoms with Gasteiger partial charge in [0.1, 0.15) is 0 Å². The van der Waals surface area contributed by atoms with E-state index in [2.05, 4.69) is 10.3 Å². The Hall–Kier alpha value is -1.58. The van der Waals surface area contributed by atoms with Gasteiger partial charge in [-0.05, 0) is 6.07 Å². The molecule has 0 saturated carbocycles. The molecule has 4 heteroatoms. The molecule has 0 radical (unpaired) electrons. The van der Waals surface area contributed by atoms with Crippen LogP contribution in [-0.2, 0) is 4.74 Å². The number of anilines is 1. The van der Waals surface area contributed by atoms with Crippen molar-refractivity contribution in [2.75, 3.05) is 5.32 Å². The lowest BCUT2D eigenvalue weighted by Crippen LogP contribution is -2.41. The quantitative estimate of drug-likeness (QED) is 0.660. The summed E-state index contributed by atoms with van der Waals surface area (Å²) in [7, 11) is 0. The third-order valence-electron chi connectivity index (χ3n) is 2.34. The van der Waals surface area contributed by atoms with Gasteiger partial charge in [-0.1, -0.05) is 20.8 Å². The number of fused-ring (bicyclic) bond motifs is 1. The zero-order chi connectivity index (χ0) is 11.1. The molecule has 1 unspecified atom stereocenters. The number of ether oxygens (including phenoxy) is 1. The number of pyridine rings is 1. The number of esters is 1. The van der Waals surface area contributed by atoms with Crippen molar-refractivity contribution in [1.29, 1.82) is 0 Å². The van der Waals surface area contributed by atoms with Crippen molar-refractivity contribution in [3.63, 3.8) is 0 Å². The van der Waals surface area contributed by atoms with Crippen LogP contribution in [0.4, 0.5) is 5.69 Å². The van der Waals surface area contributed by atoms with E-state index in [0.29, 0.717) is 5.56 Å². The van der Waals surface area contributed by atoms with Crippen molar-refractivity contribution in [2.24, 2.45) is 5.41 Å². The van der Waals surface area contributed by atoms with Crippen molar-refractivity contribution in [2.45, 2.75) is 27.0 Å². The second kappa shape index (κ2) is 3.22. The molecule has 2 rings (SSSR count). The highest BCUT2D eigenvalue weighted by atomic mass is 16.6. The van der Waals surface area contributed by atoms with Crippen molar-refractivity contribution in [3.8, 4) is 0 Å². The van der Waals surface area contributed by atoms with E-state index in [-0.39, 0.29) is 17.6 Å². The molecule has 1 aliphatic rings. The first-order valence-electron chi connectivity index (χ1n) is 4.90. The summed E-state index contributed by atoms with van der Waals surface area (Å²) in [5.74, 6) is -0.286. The van der Waals surface area contributed by atoms with Gasteiger partial charge in [0.05, 0.1) is 17.4 Å². The molecule has 80 valence electrons. The van der Waals surface area contributed by atoms with Gasteiger partial charge >= 0.3 is 5.97 Å². The molecular formula is C11H14N2O2. The Morgan fingerprint density at radius 1 is 1.47 bits per heavy atom. The third kappa shape index (κ3) is 1.79. The monoisotopic (exact) mass is 206 g/mol. The van der Waals surface area contributed by atoms with Crippen molar-refractivity contribution in [3.05, 3.63) is 24.0 Å². The molecule has 0 saturated heterocycles. The molecule has 1 atom stereocenters. The fourth-order valence-corrected chi connectivity index (χ4v) is 1.42. The fourth-order valence-electron chi connectivity index (χ4n) is 1.42. The van der Waals surface area contributed by atoms with Crippen LogP contribution in [0.3, 0.4) is 0 Å². The number of aromatic nitrogens is 1. The van der Waals surface area contributed by atoms with Crippen LogP contribution < -0.4 is 5.32 Å². The first kappa shape index (κ1) is 9.96. The highest BCUT2D eigenvalue weighted by molar-refractivity contribution is 5.97. The van der Waals surface area contributed by atoms with Gasteiger partial charge < -0.3 is 10.1 Å². The van der Waals surface area contributed by atoms with E-state index >= 15 is 0 Å². The molecule has 1 aromatic rings. The number of cyclic esters (lactones) is 1. The van der Waals surface area contributed by atoms with Gasteiger partial charge in [0.25, 0.3) is 0 Å². The first-order chi connectivity index (χ1) is 6.98. The fraction of sp³-hybridized carbons (Fsp3) is 0.455. The van der Waals surface area contributed by atoms with Crippen LogP contribution in [0.1, 0.15) is 31.1 Å². The van der Waals surface area contributed by atoms with Gasteiger partial charge in [-0.25, -0.2) is 4.79 Å². The maximum atomic E-state index is 11.7. The lowest BCUT2D eigenvalue weighted by Gasteiger charge is -2.35. The number of rotatable bonds is 0.